The van der Waals surface area contributed by atoms with E-state index in [0.717, 1.165) is 11.8 Å². The van der Waals surface area contributed by atoms with Gasteiger partial charge in [0, 0.05) is 17.3 Å². The Balaban J connectivity index is 1.65. The van der Waals surface area contributed by atoms with Gasteiger partial charge < -0.3 is 5.32 Å². The van der Waals surface area contributed by atoms with Crippen molar-refractivity contribution >= 4 is 63.0 Å². The van der Waals surface area contributed by atoms with E-state index in [1.165, 1.54) is 34.1 Å². The van der Waals surface area contributed by atoms with Crippen molar-refractivity contribution in [3.63, 3.8) is 0 Å². The van der Waals surface area contributed by atoms with Crippen molar-refractivity contribution in [2.24, 2.45) is 0 Å². The Hall–Kier alpha value is -3.04. The summed E-state index contributed by atoms with van der Waals surface area (Å²) in [6.07, 6.45) is 0. The second kappa shape index (κ2) is 8.24. The van der Waals surface area contributed by atoms with E-state index >= 15 is 0 Å². The van der Waals surface area contributed by atoms with Crippen LogP contribution in [0.1, 0.15) is 19.4 Å². The minimum absolute atomic E-state index is 0.130. The molecule has 9 heteroatoms. The summed E-state index contributed by atoms with van der Waals surface area (Å²) in [4.78, 5) is 42.0. The Kier molecular flexibility index (Phi) is 5.63. The van der Waals surface area contributed by atoms with Gasteiger partial charge in [-0.1, -0.05) is 42.2 Å². The van der Waals surface area contributed by atoms with Crippen LogP contribution >= 0.6 is 24.0 Å². The second-order valence-electron chi connectivity index (χ2n) is 7.30. The molecule has 6 nitrogen and oxygen atoms in total. The molecule has 0 aromatic heterocycles. The zero-order valence-electron chi connectivity index (χ0n) is 16.7. The molecule has 0 aliphatic carbocycles. The number of benzene rings is 2. The maximum Gasteiger partial charge on any atom is 0.267 e. The molecule has 0 atom stereocenters. The van der Waals surface area contributed by atoms with E-state index in [0.29, 0.717) is 21.3 Å². The van der Waals surface area contributed by atoms with Gasteiger partial charge in [0.1, 0.15) is 16.7 Å². The molecule has 1 saturated heterocycles. The fraction of sp³-hybridized carbons (Fsp3) is 0.182. The summed E-state index contributed by atoms with van der Waals surface area (Å²) in [5, 5.41) is 2.65. The normalized spacial score (nSPS) is 18.3. The van der Waals surface area contributed by atoms with Gasteiger partial charge in [-0.15, -0.1) is 0 Å². The van der Waals surface area contributed by atoms with Gasteiger partial charge in [-0.25, -0.2) is 4.39 Å². The molecule has 1 N–H and O–H groups in total. The summed E-state index contributed by atoms with van der Waals surface area (Å²) >= 11 is 6.45. The van der Waals surface area contributed by atoms with Gasteiger partial charge in [-0.05, 0) is 44.2 Å². The number of nitrogens with one attached hydrogen (secondary N) is 1. The Morgan fingerprint density at radius 1 is 1.10 bits per heavy atom. The fourth-order valence-electron chi connectivity index (χ4n) is 3.51. The van der Waals surface area contributed by atoms with Gasteiger partial charge >= 0.3 is 0 Å². The van der Waals surface area contributed by atoms with E-state index in [1.807, 2.05) is 13.8 Å². The van der Waals surface area contributed by atoms with Crippen molar-refractivity contribution < 1.29 is 18.8 Å². The number of thiocarbonyl (C=S) groups is 1. The molecule has 4 rings (SSSR count). The first kappa shape index (κ1) is 21.2. The lowest BCUT2D eigenvalue weighted by Gasteiger charge is -2.18. The van der Waals surface area contributed by atoms with Crippen LogP contribution in [0.5, 0.6) is 0 Å². The van der Waals surface area contributed by atoms with Gasteiger partial charge in [-0.2, -0.15) is 0 Å². The minimum atomic E-state index is -0.439. The van der Waals surface area contributed by atoms with Crippen LogP contribution in [-0.4, -0.2) is 39.5 Å². The molecule has 0 unspecified atom stereocenters. The Bertz CT molecular complexity index is 1140. The third kappa shape index (κ3) is 3.86. The highest BCUT2D eigenvalue weighted by Gasteiger charge is 2.43. The maximum atomic E-state index is 13.3. The van der Waals surface area contributed by atoms with Crippen molar-refractivity contribution in [1.82, 2.24) is 4.90 Å². The van der Waals surface area contributed by atoms with Crippen LogP contribution < -0.4 is 10.2 Å². The highest BCUT2D eigenvalue weighted by atomic mass is 32.2. The molecule has 2 aliphatic heterocycles. The SMILES string of the molecule is CC(C)N1C(=O)/C(=C2\C(=O)N(CC(=O)Nc3ccc(F)cc3)c3ccccc32)SC1=S. The zero-order valence-corrected chi connectivity index (χ0v) is 18.3. The Morgan fingerprint density at radius 2 is 1.77 bits per heavy atom. The monoisotopic (exact) mass is 455 g/mol. The first-order valence-corrected chi connectivity index (χ1v) is 10.8. The standard InChI is InChI=1S/C22H18FN3O3S2/c1-12(2)26-21(29)19(31-22(26)30)18-15-5-3-4-6-16(15)25(20(18)28)11-17(27)24-14-9-7-13(23)8-10-14/h3-10,12H,11H2,1-2H3,(H,24,27)/b19-18+. The van der Waals surface area contributed by atoms with Crippen molar-refractivity contribution in [3.8, 4) is 0 Å². The van der Waals surface area contributed by atoms with E-state index in [1.54, 1.807) is 24.3 Å². The molecular weight excluding hydrogens is 437 g/mol. The van der Waals surface area contributed by atoms with Crippen LogP contribution in [-0.2, 0) is 14.4 Å². The van der Waals surface area contributed by atoms with Crippen LogP contribution in [0, 0.1) is 5.82 Å². The molecule has 0 saturated carbocycles. The van der Waals surface area contributed by atoms with Crippen molar-refractivity contribution in [1.29, 1.82) is 0 Å². The van der Waals surface area contributed by atoms with Gasteiger partial charge in [0.05, 0.1) is 16.2 Å². The number of hydrogen-bond donors (Lipinski definition) is 1. The molecule has 2 aromatic rings. The molecule has 158 valence electrons. The second-order valence-corrected chi connectivity index (χ2v) is 8.95. The Morgan fingerprint density at radius 3 is 2.42 bits per heavy atom. The number of rotatable bonds is 4. The predicted octanol–water partition coefficient (Wildman–Crippen LogP) is 3.79. The number of fused-ring (bicyclic) bond motifs is 1. The molecule has 0 radical (unpaired) electrons. The van der Waals surface area contributed by atoms with Gasteiger partial charge in [0.2, 0.25) is 5.91 Å². The highest BCUT2D eigenvalue weighted by molar-refractivity contribution is 8.26. The third-order valence-corrected chi connectivity index (χ3v) is 6.30. The summed E-state index contributed by atoms with van der Waals surface area (Å²) in [7, 11) is 0. The first-order valence-electron chi connectivity index (χ1n) is 9.54. The van der Waals surface area contributed by atoms with Crippen LogP contribution in [0.2, 0.25) is 0 Å². The van der Waals surface area contributed by atoms with E-state index in [2.05, 4.69) is 5.32 Å². The van der Waals surface area contributed by atoms with Crippen molar-refractivity contribution in [2.75, 3.05) is 16.8 Å². The number of thioether (sulfide) groups is 1. The van der Waals surface area contributed by atoms with Crippen LogP contribution in [0.15, 0.2) is 53.4 Å². The van der Waals surface area contributed by atoms with Crippen LogP contribution in [0.3, 0.4) is 0 Å². The Labute approximate surface area is 188 Å². The number of nitrogens with zero attached hydrogens (tertiary/aromatic N) is 2. The van der Waals surface area contributed by atoms with Crippen molar-refractivity contribution in [3.05, 3.63) is 64.8 Å². The summed E-state index contributed by atoms with van der Waals surface area (Å²) < 4.78 is 13.5. The molecule has 0 bridgehead atoms. The van der Waals surface area contributed by atoms with Gasteiger partial charge in [0.25, 0.3) is 11.8 Å². The van der Waals surface area contributed by atoms with E-state index in [-0.39, 0.29) is 29.0 Å². The molecule has 2 aromatic carbocycles. The number of halogens is 1. The van der Waals surface area contributed by atoms with E-state index < -0.39 is 17.6 Å². The molecule has 3 amide bonds. The molecular formula is C22H18FN3O3S2. The number of para-hydroxylation sites is 1. The smallest absolute Gasteiger partial charge is 0.267 e. The predicted molar refractivity (Wildman–Crippen MR) is 123 cm³/mol. The summed E-state index contributed by atoms with van der Waals surface area (Å²) in [6.45, 7) is 3.46. The van der Waals surface area contributed by atoms with Crippen LogP contribution in [0.4, 0.5) is 15.8 Å². The molecule has 2 heterocycles. The maximum absolute atomic E-state index is 13.3. The number of carbonyl (C=O) groups is 3. The fourth-order valence-corrected chi connectivity index (χ4v) is 5.10. The number of carbonyl (C=O) groups excluding carboxylic acids is 3. The molecule has 1 fully saturated rings. The topological polar surface area (TPSA) is 69.7 Å². The highest BCUT2D eigenvalue weighted by Crippen LogP contribution is 2.44. The molecule has 31 heavy (non-hydrogen) atoms. The quantitative estimate of drug-likeness (QED) is 0.561. The summed E-state index contributed by atoms with van der Waals surface area (Å²) in [5.41, 5.74) is 1.81. The summed E-state index contributed by atoms with van der Waals surface area (Å²) in [6, 6.07) is 12.2. The third-order valence-electron chi connectivity index (χ3n) is 4.90. The zero-order chi connectivity index (χ0) is 22.3. The van der Waals surface area contributed by atoms with Gasteiger partial charge in [-0.3, -0.25) is 24.2 Å². The average molecular weight is 456 g/mol. The average Bonchev–Trinajstić information content (AvgIpc) is 3.16. The lowest BCUT2D eigenvalue weighted by Crippen LogP contribution is -2.36. The lowest BCUT2D eigenvalue weighted by molar-refractivity contribution is -0.123. The van der Waals surface area contributed by atoms with E-state index in [4.69, 9.17) is 12.2 Å². The lowest BCUT2D eigenvalue weighted by atomic mass is 10.1. The van der Waals surface area contributed by atoms with Crippen molar-refractivity contribution in [2.45, 2.75) is 19.9 Å². The molecule has 2 aliphatic rings. The number of amides is 3. The molecule has 0 spiro atoms. The first-order chi connectivity index (χ1) is 14.8. The minimum Gasteiger partial charge on any atom is -0.325 e. The largest absolute Gasteiger partial charge is 0.325 e. The number of anilines is 2. The summed E-state index contributed by atoms with van der Waals surface area (Å²) in [5.74, 6) is -1.59. The van der Waals surface area contributed by atoms with Crippen LogP contribution in [0.25, 0.3) is 5.57 Å². The van der Waals surface area contributed by atoms with Gasteiger partial charge in [0.15, 0.2) is 0 Å². The number of hydrogen-bond acceptors (Lipinski definition) is 5. The van der Waals surface area contributed by atoms with E-state index in [9.17, 15) is 18.8 Å².